The van der Waals surface area contributed by atoms with Crippen molar-refractivity contribution in [3.8, 4) is 0 Å². The minimum atomic E-state index is 0.00308. The average Bonchev–Trinajstić information content (AvgIpc) is 2.82. The van der Waals surface area contributed by atoms with Crippen LogP contribution in [0, 0.1) is 5.92 Å². The first-order chi connectivity index (χ1) is 9.06. The van der Waals surface area contributed by atoms with Crippen LogP contribution in [0.3, 0.4) is 0 Å². The van der Waals surface area contributed by atoms with Gasteiger partial charge in [0.2, 0.25) is 0 Å². The minimum absolute atomic E-state index is 0.00308. The van der Waals surface area contributed by atoms with Crippen molar-refractivity contribution in [1.82, 2.24) is 5.32 Å². The summed E-state index contributed by atoms with van der Waals surface area (Å²) in [6.45, 7) is 0.734. The van der Waals surface area contributed by atoms with Crippen molar-refractivity contribution in [2.24, 2.45) is 5.92 Å². The van der Waals surface area contributed by atoms with Crippen LogP contribution in [0.4, 0.5) is 5.69 Å². The molecule has 0 aliphatic heterocycles. The molecule has 1 aromatic carbocycles. The number of anilines is 1. The summed E-state index contributed by atoms with van der Waals surface area (Å²) >= 11 is 6.07. The number of carbonyl (C=O) groups is 1. The first kappa shape index (κ1) is 14.2. The molecule has 0 heterocycles. The summed E-state index contributed by atoms with van der Waals surface area (Å²) in [5.74, 6) is 0.538. The van der Waals surface area contributed by atoms with Crippen LogP contribution in [0.1, 0.15) is 29.6 Å². The second-order valence-corrected chi connectivity index (χ2v) is 6.04. The molecule has 1 N–H and O–H groups in total. The van der Waals surface area contributed by atoms with Gasteiger partial charge in [0.25, 0.3) is 5.91 Å². The summed E-state index contributed by atoms with van der Waals surface area (Å²) in [5, 5.41) is 3.29. The third-order valence-corrected chi connectivity index (χ3v) is 4.07. The topological polar surface area (TPSA) is 32.3 Å². The van der Waals surface area contributed by atoms with E-state index in [1.165, 1.54) is 0 Å². The number of nitrogens with zero attached hydrogens (tertiary/aromatic N) is 1. The Morgan fingerprint density at radius 1 is 1.32 bits per heavy atom. The molecule has 1 saturated carbocycles. The van der Waals surface area contributed by atoms with Gasteiger partial charge < -0.3 is 10.2 Å². The average molecular weight is 281 g/mol. The number of nitrogens with one attached hydrogen (secondary N) is 1. The van der Waals surface area contributed by atoms with E-state index in [0.717, 1.165) is 31.5 Å². The summed E-state index contributed by atoms with van der Waals surface area (Å²) in [4.78, 5) is 14.0. The molecule has 1 amide bonds. The molecule has 19 heavy (non-hydrogen) atoms. The van der Waals surface area contributed by atoms with Crippen LogP contribution in [-0.4, -0.2) is 31.9 Å². The molecular formula is C15H21ClN2O. The van der Waals surface area contributed by atoms with Crippen LogP contribution < -0.4 is 10.2 Å². The molecule has 1 fully saturated rings. The zero-order valence-corrected chi connectivity index (χ0v) is 12.3. The zero-order chi connectivity index (χ0) is 13.8. The van der Waals surface area contributed by atoms with Crippen LogP contribution in [0.5, 0.6) is 0 Å². The summed E-state index contributed by atoms with van der Waals surface area (Å²) in [6, 6.07) is 7.64. The van der Waals surface area contributed by atoms with Gasteiger partial charge in [0.05, 0.1) is 0 Å². The lowest BCUT2D eigenvalue weighted by molar-refractivity contribution is 0.0947. The van der Waals surface area contributed by atoms with Crippen molar-refractivity contribution in [3.63, 3.8) is 0 Å². The monoisotopic (exact) mass is 280 g/mol. The molecule has 2 atom stereocenters. The Hall–Kier alpha value is -1.22. The highest BCUT2D eigenvalue weighted by Crippen LogP contribution is 2.28. The molecule has 1 aromatic rings. The molecule has 1 aliphatic carbocycles. The van der Waals surface area contributed by atoms with Gasteiger partial charge in [0.15, 0.2) is 0 Å². The fraction of sp³-hybridized carbons (Fsp3) is 0.533. The second-order valence-electron chi connectivity index (χ2n) is 5.43. The minimum Gasteiger partial charge on any atom is -0.378 e. The molecular weight excluding hydrogens is 260 g/mol. The van der Waals surface area contributed by atoms with E-state index in [9.17, 15) is 4.79 Å². The van der Waals surface area contributed by atoms with Crippen LogP contribution >= 0.6 is 11.6 Å². The number of carbonyl (C=O) groups excluding carboxylic acids is 1. The fourth-order valence-electron chi connectivity index (χ4n) is 2.45. The quantitative estimate of drug-likeness (QED) is 0.860. The smallest absolute Gasteiger partial charge is 0.251 e. The van der Waals surface area contributed by atoms with E-state index >= 15 is 0 Å². The Morgan fingerprint density at radius 3 is 2.53 bits per heavy atom. The van der Waals surface area contributed by atoms with Gasteiger partial charge >= 0.3 is 0 Å². The van der Waals surface area contributed by atoms with Gasteiger partial charge in [0, 0.05) is 37.3 Å². The molecule has 3 nitrogen and oxygen atoms in total. The van der Waals surface area contributed by atoms with Crippen molar-refractivity contribution in [3.05, 3.63) is 29.8 Å². The zero-order valence-electron chi connectivity index (χ0n) is 11.5. The lowest BCUT2D eigenvalue weighted by Crippen LogP contribution is -2.28. The van der Waals surface area contributed by atoms with Crippen molar-refractivity contribution in [2.45, 2.75) is 24.6 Å². The lowest BCUT2D eigenvalue weighted by atomic mass is 10.1. The third-order valence-electron chi connectivity index (χ3n) is 3.67. The molecule has 2 rings (SSSR count). The van der Waals surface area contributed by atoms with E-state index in [4.69, 9.17) is 11.6 Å². The standard InChI is InChI=1S/C15H21ClN2O/c1-18(2)14-7-4-12(5-8-14)15(19)17-10-11-3-6-13(16)9-11/h4-5,7-8,11,13H,3,6,9-10H2,1-2H3,(H,17,19). The molecule has 0 saturated heterocycles. The Kier molecular flexibility index (Phi) is 4.70. The number of halogens is 1. The number of amides is 1. The normalized spacial score (nSPS) is 22.3. The molecule has 0 radical (unpaired) electrons. The predicted molar refractivity (Wildman–Crippen MR) is 80.1 cm³/mol. The van der Waals surface area contributed by atoms with Crippen LogP contribution in [0.15, 0.2) is 24.3 Å². The molecule has 2 unspecified atom stereocenters. The molecule has 1 aliphatic rings. The van der Waals surface area contributed by atoms with Crippen LogP contribution in [0.2, 0.25) is 0 Å². The summed E-state index contributed by atoms with van der Waals surface area (Å²) < 4.78 is 0. The SMILES string of the molecule is CN(C)c1ccc(C(=O)NCC2CCC(Cl)C2)cc1. The maximum Gasteiger partial charge on any atom is 0.251 e. The Labute approximate surface area is 119 Å². The van der Waals surface area contributed by atoms with Gasteiger partial charge in [-0.05, 0) is 49.4 Å². The van der Waals surface area contributed by atoms with E-state index in [1.807, 2.05) is 43.3 Å². The van der Waals surface area contributed by atoms with Gasteiger partial charge in [-0.1, -0.05) is 0 Å². The number of hydrogen-bond acceptors (Lipinski definition) is 2. The van der Waals surface area contributed by atoms with Crippen LogP contribution in [-0.2, 0) is 0 Å². The Bertz CT molecular complexity index is 430. The van der Waals surface area contributed by atoms with Gasteiger partial charge in [-0.3, -0.25) is 4.79 Å². The largest absolute Gasteiger partial charge is 0.378 e. The predicted octanol–water partition coefficient (Wildman–Crippen LogP) is 2.89. The van der Waals surface area contributed by atoms with Crippen molar-refractivity contribution < 1.29 is 4.79 Å². The fourth-order valence-corrected chi connectivity index (χ4v) is 2.83. The highest BCUT2D eigenvalue weighted by Gasteiger charge is 2.23. The molecule has 4 heteroatoms. The summed E-state index contributed by atoms with van der Waals surface area (Å²) in [5.41, 5.74) is 1.81. The molecule has 104 valence electrons. The maximum atomic E-state index is 12.0. The van der Waals surface area contributed by atoms with E-state index in [0.29, 0.717) is 16.9 Å². The Morgan fingerprint density at radius 2 is 2.00 bits per heavy atom. The van der Waals surface area contributed by atoms with Gasteiger partial charge in [-0.15, -0.1) is 11.6 Å². The van der Waals surface area contributed by atoms with E-state index in [2.05, 4.69) is 5.32 Å². The van der Waals surface area contributed by atoms with E-state index in [-0.39, 0.29) is 5.91 Å². The molecule has 0 bridgehead atoms. The molecule has 0 spiro atoms. The molecule has 0 aromatic heterocycles. The number of rotatable bonds is 4. The van der Waals surface area contributed by atoms with Crippen molar-refractivity contribution in [2.75, 3.05) is 25.5 Å². The maximum absolute atomic E-state index is 12.0. The number of hydrogen-bond donors (Lipinski definition) is 1. The Balaban J connectivity index is 1.85. The van der Waals surface area contributed by atoms with Gasteiger partial charge in [0.1, 0.15) is 0 Å². The first-order valence-corrected chi connectivity index (χ1v) is 7.19. The third kappa shape index (κ3) is 3.87. The number of benzene rings is 1. The van der Waals surface area contributed by atoms with Gasteiger partial charge in [-0.2, -0.15) is 0 Å². The van der Waals surface area contributed by atoms with Crippen molar-refractivity contribution >= 4 is 23.2 Å². The van der Waals surface area contributed by atoms with E-state index in [1.54, 1.807) is 0 Å². The number of alkyl halides is 1. The first-order valence-electron chi connectivity index (χ1n) is 6.76. The highest BCUT2D eigenvalue weighted by molar-refractivity contribution is 6.20. The van der Waals surface area contributed by atoms with Gasteiger partial charge in [-0.25, -0.2) is 0 Å². The van der Waals surface area contributed by atoms with Crippen molar-refractivity contribution in [1.29, 1.82) is 0 Å². The summed E-state index contributed by atoms with van der Waals surface area (Å²) in [7, 11) is 3.97. The second kappa shape index (κ2) is 6.29. The lowest BCUT2D eigenvalue weighted by Gasteiger charge is -2.13. The van der Waals surface area contributed by atoms with Crippen LogP contribution in [0.25, 0.3) is 0 Å². The highest BCUT2D eigenvalue weighted by atomic mass is 35.5. The summed E-state index contributed by atoms with van der Waals surface area (Å²) in [6.07, 6.45) is 3.20. The van der Waals surface area contributed by atoms with E-state index < -0.39 is 0 Å².